The Bertz CT molecular complexity index is 441. The van der Waals surface area contributed by atoms with Crippen LogP contribution in [0.2, 0.25) is 0 Å². The van der Waals surface area contributed by atoms with Gasteiger partial charge in [-0.1, -0.05) is 34.1 Å². The number of hydrogen-bond acceptors (Lipinski definition) is 5. The van der Waals surface area contributed by atoms with Crippen molar-refractivity contribution < 1.29 is 4.74 Å². The predicted octanol–water partition coefficient (Wildman–Crippen LogP) is 3.28. The lowest BCUT2D eigenvalue weighted by molar-refractivity contribution is 0.131. The highest BCUT2D eigenvalue weighted by Gasteiger charge is 2.20. The lowest BCUT2D eigenvalue weighted by Gasteiger charge is -2.19. The summed E-state index contributed by atoms with van der Waals surface area (Å²) in [6.07, 6.45) is 3.26. The number of nitrogen functional groups attached to an aromatic ring is 1. The Morgan fingerprint density at radius 1 is 1.14 bits per heavy atom. The van der Waals surface area contributed by atoms with E-state index in [0.29, 0.717) is 5.82 Å². The van der Waals surface area contributed by atoms with Crippen molar-refractivity contribution >= 4 is 11.6 Å². The Kier molecular flexibility index (Phi) is 6.89. The van der Waals surface area contributed by atoms with E-state index in [9.17, 15) is 0 Å². The van der Waals surface area contributed by atoms with Gasteiger partial charge in [0.1, 0.15) is 17.5 Å². The summed E-state index contributed by atoms with van der Waals surface area (Å²) in [6, 6.07) is 0. The molecule has 5 heteroatoms. The molecule has 5 nitrogen and oxygen atoms in total. The maximum absolute atomic E-state index is 5.99. The van der Waals surface area contributed by atoms with Gasteiger partial charge < -0.3 is 15.8 Å². The van der Waals surface area contributed by atoms with Crippen molar-refractivity contribution in [3.8, 4) is 0 Å². The molecule has 1 heterocycles. The summed E-state index contributed by atoms with van der Waals surface area (Å²) in [5, 5.41) is 3.35. The lowest BCUT2D eigenvalue weighted by Crippen LogP contribution is -2.20. The number of ether oxygens (including phenoxy) is 1. The van der Waals surface area contributed by atoms with E-state index < -0.39 is 0 Å². The van der Waals surface area contributed by atoms with Crippen LogP contribution in [0, 0.1) is 6.92 Å². The van der Waals surface area contributed by atoms with Gasteiger partial charge in [-0.05, 0) is 19.8 Å². The van der Waals surface area contributed by atoms with Crippen LogP contribution >= 0.6 is 0 Å². The maximum Gasteiger partial charge on any atom is 0.138 e. The second-order valence-corrected chi connectivity index (χ2v) is 6.40. The highest BCUT2D eigenvalue weighted by atomic mass is 16.5. The third-order valence-electron chi connectivity index (χ3n) is 3.25. The van der Waals surface area contributed by atoms with Gasteiger partial charge in [0.05, 0.1) is 0 Å². The second-order valence-electron chi connectivity index (χ2n) is 6.40. The van der Waals surface area contributed by atoms with Gasteiger partial charge >= 0.3 is 0 Å². The van der Waals surface area contributed by atoms with Crippen LogP contribution in [0.1, 0.15) is 58.3 Å². The monoisotopic (exact) mass is 294 g/mol. The van der Waals surface area contributed by atoms with Crippen molar-refractivity contribution in [3.63, 3.8) is 0 Å². The van der Waals surface area contributed by atoms with Crippen LogP contribution in [-0.4, -0.2) is 29.7 Å². The van der Waals surface area contributed by atoms with E-state index in [0.717, 1.165) is 49.8 Å². The minimum Gasteiger partial charge on any atom is -0.383 e. The number of anilines is 2. The first kappa shape index (κ1) is 17.7. The van der Waals surface area contributed by atoms with E-state index in [1.54, 1.807) is 0 Å². The van der Waals surface area contributed by atoms with Gasteiger partial charge in [0.2, 0.25) is 0 Å². The van der Waals surface area contributed by atoms with Crippen LogP contribution < -0.4 is 11.1 Å². The van der Waals surface area contributed by atoms with E-state index >= 15 is 0 Å². The number of nitrogens with one attached hydrogen (secondary N) is 1. The topological polar surface area (TPSA) is 73.1 Å². The number of unbranched alkanes of at least 4 members (excludes halogenated alkanes) is 1. The second kappa shape index (κ2) is 8.17. The third kappa shape index (κ3) is 5.87. The summed E-state index contributed by atoms with van der Waals surface area (Å²) in [4.78, 5) is 8.99. The first-order valence-corrected chi connectivity index (χ1v) is 7.82. The zero-order valence-electron chi connectivity index (χ0n) is 14.1. The Morgan fingerprint density at radius 2 is 1.81 bits per heavy atom. The molecule has 1 aromatic heterocycles. The molecule has 120 valence electrons. The van der Waals surface area contributed by atoms with Crippen molar-refractivity contribution in [1.29, 1.82) is 0 Å². The van der Waals surface area contributed by atoms with Gasteiger partial charge in [0, 0.05) is 30.7 Å². The van der Waals surface area contributed by atoms with Gasteiger partial charge in [-0.15, -0.1) is 0 Å². The molecule has 0 spiro atoms. The molecule has 0 aliphatic carbocycles. The number of rotatable bonds is 8. The van der Waals surface area contributed by atoms with Crippen LogP contribution in [0.25, 0.3) is 0 Å². The SMILES string of the molecule is CCCCOCCCNc1nc(C(C)(C)C)nc(N)c1C. The lowest BCUT2D eigenvalue weighted by atomic mass is 9.95. The third-order valence-corrected chi connectivity index (χ3v) is 3.25. The van der Waals surface area contributed by atoms with E-state index in [-0.39, 0.29) is 5.41 Å². The Labute approximate surface area is 128 Å². The Balaban J connectivity index is 2.53. The number of nitrogens with zero attached hydrogens (tertiary/aromatic N) is 2. The molecule has 0 atom stereocenters. The minimum atomic E-state index is -0.110. The summed E-state index contributed by atoms with van der Waals surface area (Å²) < 4.78 is 5.55. The number of nitrogens with two attached hydrogens (primary N) is 1. The summed E-state index contributed by atoms with van der Waals surface area (Å²) in [5.74, 6) is 2.16. The number of hydrogen-bond donors (Lipinski definition) is 2. The summed E-state index contributed by atoms with van der Waals surface area (Å²) in [6.45, 7) is 12.8. The maximum atomic E-state index is 5.99. The fourth-order valence-electron chi connectivity index (χ4n) is 1.77. The summed E-state index contributed by atoms with van der Waals surface area (Å²) in [5.41, 5.74) is 6.79. The predicted molar refractivity (Wildman–Crippen MR) is 88.7 cm³/mol. The molecular weight excluding hydrogens is 264 g/mol. The molecule has 0 saturated carbocycles. The fourth-order valence-corrected chi connectivity index (χ4v) is 1.77. The van der Waals surface area contributed by atoms with E-state index in [1.807, 2.05) is 6.92 Å². The molecule has 0 saturated heterocycles. The molecule has 0 aromatic carbocycles. The van der Waals surface area contributed by atoms with Crippen LogP contribution in [0.4, 0.5) is 11.6 Å². The average Bonchev–Trinajstić information content (AvgIpc) is 2.41. The normalized spacial score (nSPS) is 11.7. The first-order chi connectivity index (χ1) is 9.86. The van der Waals surface area contributed by atoms with Crippen molar-refractivity contribution in [3.05, 3.63) is 11.4 Å². The smallest absolute Gasteiger partial charge is 0.138 e. The van der Waals surface area contributed by atoms with Crippen LogP contribution in [0.3, 0.4) is 0 Å². The summed E-state index contributed by atoms with van der Waals surface area (Å²) >= 11 is 0. The first-order valence-electron chi connectivity index (χ1n) is 7.82. The molecule has 0 aliphatic rings. The molecule has 0 aliphatic heterocycles. The van der Waals surface area contributed by atoms with Crippen molar-refractivity contribution in [1.82, 2.24) is 9.97 Å². The zero-order chi connectivity index (χ0) is 15.9. The van der Waals surface area contributed by atoms with E-state index in [2.05, 4.69) is 43.0 Å². The molecule has 3 N–H and O–H groups in total. The standard InChI is InChI=1S/C16H30N4O/c1-6-7-10-21-11-8-9-18-14-12(2)13(17)19-15(20-14)16(3,4)5/h6-11H2,1-5H3,(H3,17,18,19,20). The molecule has 1 aromatic rings. The van der Waals surface area contributed by atoms with Gasteiger partial charge in [-0.3, -0.25) is 0 Å². The van der Waals surface area contributed by atoms with E-state index in [1.165, 1.54) is 6.42 Å². The largest absolute Gasteiger partial charge is 0.383 e. The molecule has 1 rings (SSSR count). The van der Waals surface area contributed by atoms with Gasteiger partial charge in [0.25, 0.3) is 0 Å². The highest BCUT2D eigenvalue weighted by Crippen LogP contribution is 2.24. The fraction of sp³-hybridized carbons (Fsp3) is 0.750. The van der Waals surface area contributed by atoms with Gasteiger partial charge in [0.15, 0.2) is 0 Å². The molecule has 0 bridgehead atoms. The molecule has 0 radical (unpaired) electrons. The van der Waals surface area contributed by atoms with Gasteiger partial charge in [-0.2, -0.15) is 0 Å². The zero-order valence-corrected chi connectivity index (χ0v) is 14.1. The van der Waals surface area contributed by atoms with Crippen LogP contribution in [-0.2, 0) is 10.2 Å². The van der Waals surface area contributed by atoms with Crippen molar-refractivity contribution in [2.24, 2.45) is 0 Å². The molecule has 0 unspecified atom stereocenters. The Hall–Kier alpha value is -1.36. The van der Waals surface area contributed by atoms with Crippen molar-refractivity contribution in [2.45, 2.75) is 59.3 Å². The quantitative estimate of drug-likeness (QED) is 0.720. The average molecular weight is 294 g/mol. The molecular formula is C16H30N4O. The molecule has 0 fully saturated rings. The van der Waals surface area contributed by atoms with E-state index in [4.69, 9.17) is 10.5 Å². The Morgan fingerprint density at radius 3 is 2.43 bits per heavy atom. The summed E-state index contributed by atoms with van der Waals surface area (Å²) in [7, 11) is 0. The number of aromatic nitrogens is 2. The van der Waals surface area contributed by atoms with Crippen LogP contribution in [0.5, 0.6) is 0 Å². The minimum absolute atomic E-state index is 0.110. The van der Waals surface area contributed by atoms with Crippen molar-refractivity contribution in [2.75, 3.05) is 30.8 Å². The highest BCUT2D eigenvalue weighted by molar-refractivity contribution is 5.55. The molecule has 21 heavy (non-hydrogen) atoms. The van der Waals surface area contributed by atoms with Crippen LogP contribution in [0.15, 0.2) is 0 Å². The van der Waals surface area contributed by atoms with Gasteiger partial charge in [-0.25, -0.2) is 9.97 Å². The molecule has 0 amide bonds.